The van der Waals surface area contributed by atoms with Gasteiger partial charge < -0.3 is 5.11 Å². The maximum Gasteiger partial charge on any atom is 0.307 e. The van der Waals surface area contributed by atoms with E-state index in [1.165, 1.54) is 4.88 Å². The van der Waals surface area contributed by atoms with Crippen LogP contribution in [0.5, 0.6) is 0 Å². The van der Waals surface area contributed by atoms with Crippen molar-refractivity contribution in [2.45, 2.75) is 19.4 Å². The molecule has 1 aromatic rings. The molecule has 0 radical (unpaired) electrons. The first-order valence-electron chi connectivity index (χ1n) is 5.23. The van der Waals surface area contributed by atoms with Crippen LogP contribution < -0.4 is 0 Å². The van der Waals surface area contributed by atoms with Crippen molar-refractivity contribution in [2.24, 2.45) is 5.92 Å². The first-order chi connectivity index (χ1) is 7.25. The van der Waals surface area contributed by atoms with Gasteiger partial charge in [-0.05, 0) is 30.8 Å². The standard InChI is InChI=1S/C11H15NO2S/c13-11(14)9-3-1-5-12(7-9)8-10-4-2-6-15-10/h2,4,6,9H,1,3,5,7-8H2,(H,13,14)/t9-/m0/s1. The Morgan fingerprint density at radius 1 is 1.67 bits per heavy atom. The molecule has 3 nitrogen and oxygen atoms in total. The van der Waals surface area contributed by atoms with E-state index in [1.807, 2.05) is 6.07 Å². The number of hydrogen-bond acceptors (Lipinski definition) is 3. The van der Waals surface area contributed by atoms with E-state index >= 15 is 0 Å². The maximum absolute atomic E-state index is 10.9. The predicted octanol–water partition coefficient (Wildman–Crippen LogP) is 2.04. The number of carboxylic acids is 1. The fourth-order valence-electron chi connectivity index (χ4n) is 2.02. The molecule has 1 aliphatic heterocycles. The summed E-state index contributed by atoms with van der Waals surface area (Å²) >= 11 is 1.74. The third kappa shape index (κ3) is 2.79. The van der Waals surface area contributed by atoms with Crippen LogP contribution >= 0.6 is 11.3 Å². The highest BCUT2D eigenvalue weighted by atomic mass is 32.1. The zero-order chi connectivity index (χ0) is 10.7. The second kappa shape index (κ2) is 4.77. The van der Waals surface area contributed by atoms with Gasteiger partial charge in [0.05, 0.1) is 5.92 Å². The molecule has 15 heavy (non-hydrogen) atoms. The van der Waals surface area contributed by atoms with Gasteiger partial charge in [-0.1, -0.05) is 6.07 Å². The lowest BCUT2D eigenvalue weighted by Gasteiger charge is -2.30. The lowest BCUT2D eigenvalue weighted by atomic mass is 9.98. The summed E-state index contributed by atoms with van der Waals surface area (Å²) in [5.74, 6) is -0.815. The minimum Gasteiger partial charge on any atom is -0.481 e. The Kier molecular flexibility index (Phi) is 3.38. The van der Waals surface area contributed by atoms with Crippen LogP contribution in [0.15, 0.2) is 17.5 Å². The number of aliphatic carboxylic acids is 1. The molecule has 1 aliphatic rings. The van der Waals surface area contributed by atoms with Crippen molar-refractivity contribution in [1.82, 2.24) is 4.90 Å². The number of likely N-dealkylation sites (tertiary alicyclic amines) is 1. The number of piperidine rings is 1. The van der Waals surface area contributed by atoms with Crippen molar-refractivity contribution in [3.8, 4) is 0 Å². The molecular formula is C11H15NO2S. The van der Waals surface area contributed by atoms with E-state index in [9.17, 15) is 4.79 Å². The Balaban J connectivity index is 1.90. The van der Waals surface area contributed by atoms with Crippen LogP contribution in [0.3, 0.4) is 0 Å². The van der Waals surface area contributed by atoms with Crippen molar-refractivity contribution >= 4 is 17.3 Å². The van der Waals surface area contributed by atoms with Crippen LogP contribution in [-0.2, 0) is 11.3 Å². The van der Waals surface area contributed by atoms with E-state index < -0.39 is 5.97 Å². The normalized spacial score (nSPS) is 22.8. The highest BCUT2D eigenvalue weighted by Crippen LogP contribution is 2.20. The number of nitrogens with zero attached hydrogens (tertiary/aromatic N) is 1. The molecule has 1 aromatic heterocycles. The molecule has 1 N–H and O–H groups in total. The Morgan fingerprint density at radius 2 is 2.53 bits per heavy atom. The summed E-state index contributed by atoms with van der Waals surface area (Å²) in [5.41, 5.74) is 0. The fourth-order valence-corrected chi connectivity index (χ4v) is 2.77. The minimum absolute atomic E-state index is 0.168. The van der Waals surface area contributed by atoms with Crippen molar-refractivity contribution in [1.29, 1.82) is 0 Å². The average Bonchev–Trinajstić information content (AvgIpc) is 2.71. The highest BCUT2D eigenvalue weighted by Gasteiger charge is 2.25. The second-order valence-corrected chi connectivity index (χ2v) is 5.02. The lowest BCUT2D eigenvalue weighted by Crippen LogP contribution is -2.37. The Bertz CT molecular complexity index is 323. The molecule has 0 saturated carbocycles. The van der Waals surface area contributed by atoms with E-state index in [0.29, 0.717) is 6.54 Å². The molecule has 2 rings (SSSR count). The number of hydrogen-bond donors (Lipinski definition) is 1. The summed E-state index contributed by atoms with van der Waals surface area (Å²) in [7, 11) is 0. The zero-order valence-electron chi connectivity index (χ0n) is 8.56. The van der Waals surface area contributed by atoms with Crippen LogP contribution in [0.25, 0.3) is 0 Å². The molecule has 0 aliphatic carbocycles. The molecule has 4 heteroatoms. The zero-order valence-corrected chi connectivity index (χ0v) is 9.37. The van der Waals surface area contributed by atoms with Crippen molar-refractivity contribution in [3.63, 3.8) is 0 Å². The number of rotatable bonds is 3. The van der Waals surface area contributed by atoms with Crippen LogP contribution in [0.2, 0.25) is 0 Å². The molecule has 1 atom stereocenters. The van der Waals surface area contributed by atoms with E-state index in [0.717, 1.165) is 25.9 Å². The molecule has 0 aromatic carbocycles. The van der Waals surface area contributed by atoms with Crippen LogP contribution in [0.4, 0.5) is 0 Å². The molecule has 0 unspecified atom stereocenters. The number of carboxylic acid groups (broad SMARTS) is 1. The van der Waals surface area contributed by atoms with Gasteiger partial charge in [0.2, 0.25) is 0 Å². The lowest BCUT2D eigenvalue weighted by molar-refractivity contribution is -0.143. The minimum atomic E-state index is -0.647. The van der Waals surface area contributed by atoms with Crippen molar-refractivity contribution < 1.29 is 9.90 Å². The van der Waals surface area contributed by atoms with E-state index in [2.05, 4.69) is 16.3 Å². The SMILES string of the molecule is O=C(O)[C@H]1CCCN(Cc2cccs2)C1. The van der Waals surface area contributed by atoms with Crippen LogP contribution in [0.1, 0.15) is 17.7 Å². The fraction of sp³-hybridized carbons (Fsp3) is 0.545. The molecule has 1 saturated heterocycles. The van der Waals surface area contributed by atoms with Crippen LogP contribution in [-0.4, -0.2) is 29.1 Å². The van der Waals surface area contributed by atoms with E-state index in [1.54, 1.807) is 11.3 Å². The molecule has 0 spiro atoms. The van der Waals surface area contributed by atoms with Gasteiger partial charge in [-0.15, -0.1) is 11.3 Å². The number of carbonyl (C=O) groups is 1. The summed E-state index contributed by atoms with van der Waals surface area (Å²) in [6, 6.07) is 4.15. The predicted molar refractivity (Wildman–Crippen MR) is 60.0 cm³/mol. The van der Waals surface area contributed by atoms with Gasteiger partial charge in [0, 0.05) is 18.0 Å². The van der Waals surface area contributed by atoms with E-state index in [-0.39, 0.29) is 5.92 Å². The topological polar surface area (TPSA) is 40.5 Å². The summed E-state index contributed by atoms with van der Waals surface area (Å²) in [6.07, 6.45) is 1.83. The molecule has 82 valence electrons. The smallest absolute Gasteiger partial charge is 0.307 e. The van der Waals surface area contributed by atoms with E-state index in [4.69, 9.17) is 5.11 Å². The first-order valence-corrected chi connectivity index (χ1v) is 6.11. The molecule has 2 heterocycles. The van der Waals surface area contributed by atoms with Gasteiger partial charge in [0.1, 0.15) is 0 Å². The quantitative estimate of drug-likeness (QED) is 0.856. The largest absolute Gasteiger partial charge is 0.481 e. The van der Waals surface area contributed by atoms with Crippen molar-refractivity contribution in [2.75, 3.05) is 13.1 Å². The summed E-state index contributed by atoms with van der Waals surface area (Å²) in [5, 5.41) is 11.0. The summed E-state index contributed by atoms with van der Waals surface area (Å²) in [4.78, 5) is 14.4. The third-order valence-corrected chi connectivity index (χ3v) is 3.68. The first kappa shape index (κ1) is 10.6. The number of thiophene rings is 1. The monoisotopic (exact) mass is 225 g/mol. The van der Waals surface area contributed by atoms with Crippen LogP contribution in [0, 0.1) is 5.92 Å². The Hall–Kier alpha value is -0.870. The third-order valence-electron chi connectivity index (χ3n) is 2.81. The Morgan fingerprint density at radius 3 is 3.20 bits per heavy atom. The average molecular weight is 225 g/mol. The Labute approximate surface area is 93.3 Å². The highest BCUT2D eigenvalue weighted by molar-refractivity contribution is 7.09. The molecule has 1 fully saturated rings. The van der Waals surface area contributed by atoms with Gasteiger partial charge in [-0.3, -0.25) is 9.69 Å². The summed E-state index contributed by atoms with van der Waals surface area (Å²) < 4.78 is 0. The second-order valence-electron chi connectivity index (χ2n) is 3.99. The maximum atomic E-state index is 10.9. The van der Waals surface area contributed by atoms with Gasteiger partial charge in [0.15, 0.2) is 0 Å². The van der Waals surface area contributed by atoms with Crippen molar-refractivity contribution in [3.05, 3.63) is 22.4 Å². The molecule has 0 amide bonds. The molecule has 0 bridgehead atoms. The summed E-state index contributed by atoms with van der Waals surface area (Å²) in [6.45, 7) is 2.64. The van der Waals surface area contributed by atoms with Gasteiger partial charge in [-0.2, -0.15) is 0 Å². The van der Waals surface area contributed by atoms with Gasteiger partial charge >= 0.3 is 5.97 Å². The van der Waals surface area contributed by atoms with Gasteiger partial charge in [0.25, 0.3) is 0 Å². The van der Waals surface area contributed by atoms with Gasteiger partial charge in [-0.25, -0.2) is 0 Å². The molecular weight excluding hydrogens is 210 g/mol.